The van der Waals surface area contributed by atoms with Crippen molar-refractivity contribution in [3.8, 4) is 0 Å². The van der Waals surface area contributed by atoms with E-state index in [1.807, 2.05) is 76.4 Å². The smallest absolute Gasteiger partial charge is 0.408 e. The second kappa shape index (κ2) is 13.5. The van der Waals surface area contributed by atoms with Gasteiger partial charge in [-0.15, -0.1) is 0 Å². The molecule has 2 aromatic carbocycles. The minimum Gasteiger partial charge on any atom is -0.444 e. The van der Waals surface area contributed by atoms with E-state index in [4.69, 9.17) is 4.74 Å². The van der Waals surface area contributed by atoms with Crippen LogP contribution in [0, 0.1) is 20.8 Å². The molecular formula is C29H41N3O4S. The maximum absolute atomic E-state index is 13.9. The van der Waals surface area contributed by atoms with E-state index in [0.29, 0.717) is 23.4 Å². The highest BCUT2D eigenvalue weighted by molar-refractivity contribution is 7.98. The highest BCUT2D eigenvalue weighted by Crippen LogP contribution is 2.27. The molecule has 0 aliphatic heterocycles. The highest BCUT2D eigenvalue weighted by atomic mass is 32.2. The fraction of sp³-hybridized carbons (Fsp3) is 0.483. The quantitative estimate of drug-likeness (QED) is 0.409. The molecule has 0 aliphatic rings. The summed E-state index contributed by atoms with van der Waals surface area (Å²) >= 11 is 1.58. The molecule has 0 heterocycles. The number of hydrogen-bond donors (Lipinski definition) is 2. The van der Waals surface area contributed by atoms with E-state index in [1.165, 1.54) is 0 Å². The number of carbonyl (C=O) groups excluding carboxylic acids is 3. The predicted molar refractivity (Wildman–Crippen MR) is 152 cm³/mol. The Labute approximate surface area is 225 Å². The third kappa shape index (κ3) is 8.81. The molecule has 2 unspecified atom stereocenters. The third-order valence-corrected chi connectivity index (χ3v) is 6.68. The lowest BCUT2D eigenvalue weighted by Crippen LogP contribution is -2.52. The summed E-state index contributed by atoms with van der Waals surface area (Å²) in [5.41, 5.74) is 3.76. The Balaban J connectivity index is 2.47. The first-order valence-corrected chi connectivity index (χ1v) is 14.0. The highest BCUT2D eigenvalue weighted by Gasteiger charge is 2.35. The maximum atomic E-state index is 13.9. The Morgan fingerprint density at radius 1 is 1.00 bits per heavy atom. The van der Waals surface area contributed by atoms with Crippen LogP contribution in [0.5, 0.6) is 0 Å². The van der Waals surface area contributed by atoms with Crippen LogP contribution >= 0.6 is 11.8 Å². The molecule has 3 amide bonds. The third-order valence-electron chi connectivity index (χ3n) is 6.03. The first-order valence-electron chi connectivity index (χ1n) is 12.6. The molecule has 2 rings (SSSR count). The van der Waals surface area contributed by atoms with Crippen molar-refractivity contribution in [2.75, 3.05) is 23.9 Å². The fourth-order valence-corrected chi connectivity index (χ4v) is 4.40. The summed E-state index contributed by atoms with van der Waals surface area (Å²) in [6, 6.07) is 11.6. The number of likely N-dealkylation sites (N-methyl/N-ethyl adjacent to an activating group) is 1. The zero-order valence-electron chi connectivity index (χ0n) is 23.3. The summed E-state index contributed by atoms with van der Waals surface area (Å²) in [6.45, 7) is 13.4. The number of alkyl carbamates (subject to hydrolysis) is 1. The van der Waals surface area contributed by atoms with Crippen molar-refractivity contribution in [1.29, 1.82) is 0 Å². The van der Waals surface area contributed by atoms with E-state index >= 15 is 0 Å². The Morgan fingerprint density at radius 3 is 2.24 bits per heavy atom. The van der Waals surface area contributed by atoms with Crippen LogP contribution in [0.25, 0.3) is 0 Å². The molecule has 2 atom stereocenters. The van der Waals surface area contributed by atoms with Crippen LogP contribution in [0.1, 0.15) is 62.4 Å². The van der Waals surface area contributed by atoms with Crippen LogP contribution in [-0.2, 0) is 14.3 Å². The molecule has 0 fully saturated rings. The summed E-state index contributed by atoms with van der Waals surface area (Å²) in [5.74, 6) is 0.0206. The summed E-state index contributed by atoms with van der Waals surface area (Å²) < 4.78 is 5.42. The number of carbonyl (C=O) groups is 3. The number of thioether (sulfide) groups is 1. The molecule has 7 nitrogen and oxygen atoms in total. The van der Waals surface area contributed by atoms with Crippen LogP contribution < -0.4 is 10.6 Å². The van der Waals surface area contributed by atoms with Gasteiger partial charge in [0.25, 0.3) is 5.91 Å². The minimum atomic E-state index is -0.881. The Morgan fingerprint density at radius 2 is 1.68 bits per heavy atom. The second-order valence-corrected chi connectivity index (χ2v) is 11.1. The van der Waals surface area contributed by atoms with Crippen LogP contribution in [0.3, 0.4) is 0 Å². The first-order chi connectivity index (χ1) is 17.4. The maximum Gasteiger partial charge on any atom is 0.408 e. The van der Waals surface area contributed by atoms with E-state index in [-0.39, 0.29) is 18.4 Å². The van der Waals surface area contributed by atoms with E-state index < -0.39 is 23.8 Å². The fourth-order valence-electron chi connectivity index (χ4n) is 3.93. The van der Waals surface area contributed by atoms with E-state index in [2.05, 4.69) is 10.6 Å². The number of hydrogen-bond acceptors (Lipinski definition) is 5. The Bertz CT molecular complexity index is 1100. The number of aryl methyl sites for hydroxylation is 3. The monoisotopic (exact) mass is 527 g/mol. The average molecular weight is 528 g/mol. The molecule has 0 radical (unpaired) electrons. The lowest BCUT2D eigenvalue weighted by atomic mass is 9.98. The van der Waals surface area contributed by atoms with Gasteiger partial charge in [-0.2, -0.15) is 11.8 Å². The second-order valence-electron chi connectivity index (χ2n) is 10.2. The van der Waals surface area contributed by atoms with Crippen molar-refractivity contribution in [2.45, 2.75) is 72.6 Å². The van der Waals surface area contributed by atoms with Gasteiger partial charge in [0.15, 0.2) is 0 Å². The van der Waals surface area contributed by atoms with Gasteiger partial charge in [-0.1, -0.05) is 36.4 Å². The van der Waals surface area contributed by atoms with Crippen molar-refractivity contribution in [3.63, 3.8) is 0 Å². The lowest BCUT2D eigenvalue weighted by Gasteiger charge is -2.34. The number of nitrogens with zero attached hydrogens (tertiary/aromatic N) is 1. The number of amides is 3. The van der Waals surface area contributed by atoms with E-state index in [9.17, 15) is 14.4 Å². The Hall–Kier alpha value is -3.00. The van der Waals surface area contributed by atoms with Gasteiger partial charge in [0.1, 0.15) is 17.7 Å². The molecule has 0 aliphatic carbocycles. The molecule has 2 N–H and O–H groups in total. The molecule has 0 bridgehead atoms. The molecule has 2 aromatic rings. The van der Waals surface area contributed by atoms with Gasteiger partial charge in [-0.25, -0.2) is 4.79 Å². The van der Waals surface area contributed by atoms with Crippen molar-refractivity contribution >= 4 is 35.4 Å². The van der Waals surface area contributed by atoms with Gasteiger partial charge in [0.2, 0.25) is 5.91 Å². The molecule has 0 saturated carbocycles. The van der Waals surface area contributed by atoms with Gasteiger partial charge in [-0.3, -0.25) is 9.59 Å². The standard InChI is InChI=1S/C29H41N3O4S/c1-9-32(27(34)24(16-17-37-8)31-28(35)36-29(5,6)7)25(22-15-14-19(2)21(4)18-22)26(33)30-23-13-11-10-12-20(23)3/h10-15,18,24-25H,9,16-17H2,1-8H3,(H,30,33)(H,31,35). The number of rotatable bonds is 10. The van der Waals surface area contributed by atoms with Crippen molar-refractivity contribution in [1.82, 2.24) is 10.2 Å². The Kier molecular flexibility index (Phi) is 11.0. The lowest BCUT2D eigenvalue weighted by molar-refractivity contribution is -0.140. The van der Waals surface area contributed by atoms with Crippen LogP contribution in [0.4, 0.5) is 10.5 Å². The summed E-state index contributed by atoms with van der Waals surface area (Å²) in [4.78, 5) is 41.9. The van der Waals surface area contributed by atoms with E-state index in [0.717, 1.165) is 16.7 Å². The van der Waals surface area contributed by atoms with Crippen molar-refractivity contribution < 1.29 is 19.1 Å². The molecule has 37 heavy (non-hydrogen) atoms. The molecule has 8 heteroatoms. The predicted octanol–water partition coefficient (Wildman–Crippen LogP) is 5.79. The number of ether oxygens (including phenoxy) is 1. The molecular weight excluding hydrogens is 486 g/mol. The first kappa shape index (κ1) is 30.2. The van der Waals surface area contributed by atoms with Crippen LogP contribution in [0.15, 0.2) is 42.5 Å². The van der Waals surface area contributed by atoms with Crippen LogP contribution in [-0.4, -0.2) is 53.0 Å². The van der Waals surface area contributed by atoms with Gasteiger partial charge in [0.05, 0.1) is 0 Å². The number of para-hydroxylation sites is 1. The zero-order valence-corrected chi connectivity index (χ0v) is 24.1. The van der Waals surface area contributed by atoms with Gasteiger partial charge in [-0.05, 0) is 95.2 Å². The topological polar surface area (TPSA) is 87.7 Å². The van der Waals surface area contributed by atoms with Crippen LogP contribution in [0.2, 0.25) is 0 Å². The SMILES string of the molecule is CCN(C(=O)C(CCSC)NC(=O)OC(C)(C)C)C(C(=O)Nc1ccccc1C)c1ccc(C)c(C)c1. The molecule has 0 saturated heterocycles. The number of benzene rings is 2. The number of anilines is 1. The largest absolute Gasteiger partial charge is 0.444 e. The molecule has 202 valence electrons. The summed E-state index contributed by atoms with van der Waals surface area (Å²) in [5, 5.41) is 5.77. The van der Waals surface area contributed by atoms with Gasteiger partial charge >= 0.3 is 6.09 Å². The van der Waals surface area contributed by atoms with E-state index in [1.54, 1.807) is 37.4 Å². The average Bonchev–Trinajstić information content (AvgIpc) is 2.81. The van der Waals surface area contributed by atoms with Crippen molar-refractivity contribution in [3.05, 3.63) is 64.7 Å². The molecule has 0 spiro atoms. The van der Waals surface area contributed by atoms with Gasteiger partial charge < -0.3 is 20.3 Å². The summed E-state index contributed by atoms with van der Waals surface area (Å²) in [6.07, 6.45) is 1.70. The van der Waals surface area contributed by atoms with Gasteiger partial charge in [0, 0.05) is 12.2 Å². The normalized spacial score (nSPS) is 12.9. The zero-order chi connectivity index (χ0) is 27.8. The number of nitrogens with one attached hydrogen (secondary N) is 2. The molecule has 0 aromatic heterocycles. The summed E-state index contributed by atoms with van der Waals surface area (Å²) in [7, 11) is 0. The minimum absolute atomic E-state index is 0.281. The van der Waals surface area contributed by atoms with Crippen molar-refractivity contribution in [2.24, 2.45) is 0 Å².